The summed E-state index contributed by atoms with van der Waals surface area (Å²) in [4.78, 5) is 24.9. The number of rotatable bonds is 5. The molecule has 128 valence electrons. The Labute approximate surface area is 151 Å². The molecule has 2 N–H and O–H groups in total. The fraction of sp³-hybridized carbons (Fsp3) is 0. The average molecular weight is 343 g/mol. The van der Waals surface area contributed by atoms with E-state index in [0.717, 1.165) is 0 Å². The predicted molar refractivity (Wildman–Crippen MR) is 102 cm³/mol. The summed E-state index contributed by atoms with van der Waals surface area (Å²) in [5, 5.41) is 6.73. The van der Waals surface area contributed by atoms with Gasteiger partial charge in [-0.05, 0) is 12.1 Å². The first kappa shape index (κ1) is 17.1. The summed E-state index contributed by atoms with van der Waals surface area (Å²) in [6.07, 6.45) is 0. The molecule has 0 fully saturated rings. The van der Waals surface area contributed by atoms with Crippen molar-refractivity contribution >= 4 is 23.2 Å². The van der Waals surface area contributed by atoms with Gasteiger partial charge in [0.1, 0.15) is 5.71 Å². The molecule has 0 atom stereocenters. The lowest BCUT2D eigenvalue weighted by Crippen LogP contribution is -2.28. The summed E-state index contributed by atoms with van der Waals surface area (Å²) in [5.74, 6) is -0.267. The van der Waals surface area contributed by atoms with Crippen LogP contribution in [0.3, 0.4) is 0 Å². The van der Waals surface area contributed by atoms with Crippen molar-refractivity contribution in [3.8, 4) is 0 Å². The number of para-hydroxylation sites is 1. The third-order valence-corrected chi connectivity index (χ3v) is 3.60. The minimum Gasteiger partial charge on any atom is -0.307 e. The van der Waals surface area contributed by atoms with Crippen LogP contribution in [-0.2, 0) is 0 Å². The molecule has 0 spiro atoms. The lowest BCUT2D eigenvalue weighted by Gasteiger charge is -2.08. The van der Waals surface area contributed by atoms with Crippen LogP contribution in [0.15, 0.2) is 96.1 Å². The molecule has 0 aliphatic heterocycles. The fourth-order valence-corrected chi connectivity index (χ4v) is 2.36. The van der Waals surface area contributed by atoms with E-state index in [-0.39, 0.29) is 11.5 Å². The summed E-state index contributed by atoms with van der Waals surface area (Å²) in [6, 6.07) is 26.3. The molecule has 0 radical (unpaired) electrons. The number of hydrogen-bond donors (Lipinski definition) is 2. The van der Waals surface area contributed by atoms with Crippen LogP contribution in [0.25, 0.3) is 0 Å². The van der Waals surface area contributed by atoms with Gasteiger partial charge in [0.15, 0.2) is 0 Å². The van der Waals surface area contributed by atoms with E-state index in [9.17, 15) is 9.59 Å². The summed E-state index contributed by atoms with van der Waals surface area (Å²) in [7, 11) is 0. The van der Waals surface area contributed by atoms with Crippen LogP contribution in [0.1, 0.15) is 15.9 Å². The Bertz CT molecular complexity index is 908. The molecule has 2 amide bonds. The van der Waals surface area contributed by atoms with Gasteiger partial charge in [-0.1, -0.05) is 78.9 Å². The average Bonchev–Trinajstić information content (AvgIpc) is 2.70. The van der Waals surface area contributed by atoms with Gasteiger partial charge in [-0.15, -0.1) is 0 Å². The second-order valence-electron chi connectivity index (χ2n) is 5.45. The van der Waals surface area contributed by atoms with Gasteiger partial charge in [0.05, 0.1) is 0 Å². The highest BCUT2D eigenvalue weighted by Crippen LogP contribution is 2.09. The topological polar surface area (TPSA) is 70.6 Å². The fourth-order valence-electron chi connectivity index (χ4n) is 2.36. The maximum atomic E-state index is 12.8. The third-order valence-electron chi connectivity index (χ3n) is 3.60. The molecule has 0 unspecified atom stereocenters. The Kier molecular flexibility index (Phi) is 5.52. The van der Waals surface area contributed by atoms with E-state index in [4.69, 9.17) is 0 Å². The van der Waals surface area contributed by atoms with Crippen LogP contribution in [0, 0.1) is 0 Å². The highest BCUT2D eigenvalue weighted by Gasteiger charge is 2.16. The van der Waals surface area contributed by atoms with Crippen molar-refractivity contribution in [3.05, 3.63) is 102 Å². The lowest BCUT2D eigenvalue weighted by molar-refractivity contribution is 0.106. The predicted octanol–water partition coefficient (Wildman–Crippen LogP) is 4.10. The van der Waals surface area contributed by atoms with E-state index in [0.29, 0.717) is 16.8 Å². The molecular weight excluding hydrogens is 326 g/mol. The Morgan fingerprint density at radius 3 is 1.73 bits per heavy atom. The van der Waals surface area contributed by atoms with E-state index in [1.165, 1.54) is 0 Å². The normalized spacial score (nSPS) is 10.8. The lowest BCUT2D eigenvalue weighted by atomic mass is 10.0. The van der Waals surface area contributed by atoms with Gasteiger partial charge in [0.2, 0.25) is 5.78 Å². The second kappa shape index (κ2) is 8.39. The highest BCUT2D eigenvalue weighted by atomic mass is 16.2. The number of Topliss-reactive ketones (excluding diaryl/α,β-unsaturated/α-hetero) is 1. The molecular formula is C21H17N3O2. The zero-order valence-corrected chi connectivity index (χ0v) is 13.9. The van der Waals surface area contributed by atoms with Crippen LogP contribution in [0.2, 0.25) is 0 Å². The van der Waals surface area contributed by atoms with E-state index in [1.807, 2.05) is 42.5 Å². The minimum absolute atomic E-state index is 0.167. The number of hydrogen-bond acceptors (Lipinski definition) is 3. The first-order chi connectivity index (χ1) is 12.7. The summed E-state index contributed by atoms with van der Waals surface area (Å²) in [6.45, 7) is 0. The molecule has 5 heteroatoms. The molecule has 0 saturated heterocycles. The molecule has 0 aliphatic carbocycles. The van der Waals surface area contributed by atoms with Crippen molar-refractivity contribution in [1.82, 2.24) is 5.43 Å². The maximum absolute atomic E-state index is 12.8. The van der Waals surface area contributed by atoms with Crippen LogP contribution >= 0.6 is 0 Å². The number of hydrazone groups is 1. The number of carbonyl (C=O) groups excluding carboxylic acids is 2. The van der Waals surface area contributed by atoms with Crippen LogP contribution < -0.4 is 10.7 Å². The van der Waals surface area contributed by atoms with Gasteiger partial charge >= 0.3 is 6.03 Å². The maximum Gasteiger partial charge on any atom is 0.339 e. The summed E-state index contributed by atoms with van der Waals surface area (Å²) >= 11 is 0. The van der Waals surface area contributed by atoms with Gasteiger partial charge in [0.25, 0.3) is 0 Å². The Morgan fingerprint density at radius 2 is 1.15 bits per heavy atom. The SMILES string of the molecule is O=C(N/N=C(\C(=O)c1ccccc1)c1ccccc1)Nc1ccccc1. The highest BCUT2D eigenvalue weighted by molar-refractivity contribution is 6.51. The van der Waals surface area contributed by atoms with Crippen molar-refractivity contribution in [3.63, 3.8) is 0 Å². The molecule has 0 aliphatic rings. The summed E-state index contributed by atoms with van der Waals surface area (Å²) in [5.41, 5.74) is 4.33. The molecule has 26 heavy (non-hydrogen) atoms. The van der Waals surface area contributed by atoms with Gasteiger partial charge < -0.3 is 5.32 Å². The van der Waals surface area contributed by atoms with Crippen molar-refractivity contribution in [2.75, 3.05) is 5.32 Å². The van der Waals surface area contributed by atoms with E-state index < -0.39 is 6.03 Å². The van der Waals surface area contributed by atoms with Crippen molar-refractivity contribution in [2.45, 2.75) is 0 Å². The second-order valence-corrected chi connectivity index (χ2v) is 5.45. The number of benzene rings is 3. The minimum atomic E-state index is -0.523. The van der Waals surface area contributed by atoms with E-state index in [2.05, 4.69) is 15.8 Å². The molecule has 3 aromatic rings. The van der Waals surface area contributed by atoms with Crippen molar-refractivity contribution < 1.29 is 9.59 Å². The third kappa shape index (κ3) is 4.42. The first-order valence-electron chi connectivity index (χ1n) is 8.09. The van der Waals surface area contributed by atoms with Gasteiger partial charge in [-0.2, -0.15) is 5.10 Å². The summed E-state index contributed by atoms with van der Waals surface area (Å²) < 4.78 is 0. The number of urea groups is 1. The van der Waals surface area contributed by atoms with E-state index in [1.54, 1.807) is 48.5 Å². The molecule has 5 nitrogen and oxygen atoms in total. The molecule has 3 rings (SSSR count). The molecule has 3 aromatic carbocycles. The molecule has 0 saturated carbocycles. The van der Waals surface area contributed by atoms with Crippen molar-refractivity contribution in [1.29, 1.82) is 0 Å². The van der Waals surface area contributed by atoms with Crippen LogP contribution in [-0.4, -0.2) is 17.5 Å². The standard InChI is InChI=1S/C21H17N3O2/c25-20(17-12-6-2-7-13-17)19(16-10-4-1-5-11-16)23-24-21(26)22-18-14-8-3-9-15-18/h1-15H,(H2,22,24,26)/b23-19-. The van der Waals surface area contributed by atoms with Crippen LogP contribution in [0.5, 0.6) is 0 Å². The van der Waals surface area contributed by atoms with E-state index >= 15 is 0 Å². The Hall–Kier alpha value is -3.73. The molecule has 0 aromatic heterocycles. The number of ketones is 1. The smallest absolute Gasteiger partial charge is 0.307 e. The number of amides is 2. The molecule has 0 heterocycles. The largest absolute Gasteiger partial charge is 0.339 e. The number of anilines is 1. The van der Waals surface area contributed by atoms with Crippen molar-refractivity contribution in [2.24, 2.45) is 5.10 Å². The molecule has 0 bridgehead atoms. The number of nitrogens with zero attached hydrogens (tertiary/aromatic N) is 1. The monoisotopic (exact) mass is 343 g/mol. The zero-order chi connectivity index (χ0) is 18.2. The zero-order valence-electron chi connectivity index (χ0n) is 13.9. The Balaban J connectivity index is 1.82. The van der Waals surface area contributed by atoms with Gasteiger partial charge in [-0.25, -0.2) is 10.2 Å². The number of nitrogens with one attached hydrogen (secondary N) is 2. The van der Waals surface area contributed by atoms with Gasteiger partial charge in [0, 0.05) is 16.8 Å². The van der Waals surface area contributed by atoms with Crippen LogP contribution in [0.4, 0.5) is 10.5 Å². The van der Waals surface area contributed by atoms with Gasteiger partial charge in [-0.3, -0.25) is 4.79 Å². The Morgan fingerprint density at radius 1 is 0.654 bits per heavy atom. The number of carbonyl (C=O) groups is 2. The quantitative estimate of drug-likeness (QED) is 0.416. The first-order valence-corrected chi connectivity index (χ1v) is 8.09.